The van der Waals surface area contributed by atoms with Gasteiger partial charge in [-0.25, -0.2) is 12.7 Å². The normalized spacial score (nSPS) is 13.4. The summed E-state index contributed by atoms with van der Waals surface area (Å²) in [5.41, 5.74) is 2.13. The van der Waals surface area contributed by atoms with Crippen LogP contribution in [0.1, 0.15) is 18.5 Å². The molecule has 0 bridgehead atoms. The zero-order chi connectivity index (χ0) is 14.8. The van der Waals surface area contributed by atoms with Gasteiger partial charge in [0, 0.05) is 31.2 Å². The lowest BCUT2D eigenvalue weighted by Gasteiger charge is -2.16. The number of nitrogens with one attached hydrogen (secondary N) is 1. The van der Waals surface area contributed by atoms with Crippen LogP contribution in [0.25, 0.3) is 0 Å². The molecule has 0 aliphatic rings. The molecule has 1 aromatic carbocycles. The Balaban J connectivity index is 2.16. The summed E-state index contributed by atoms with van der Waals surface area (Å²) in [5, 5.41) is 7.43. The van der Waals surface area contributed by atoms with Crippen molar-refractivity contribution in [3.05, 3.63) is 46.7 Å². The maximum atomic E-state index is 12.0. The zero-order valence-electron chi connectivity index (χ0n) is 11.7. The Kier molecular flexibility index (Phi) is 4.47. The highest BCUT2D eigenvalue weighted by molar-refractivity contribution is 7.89. The van der Waals surface area contributed by atoms with Crippen molar-refractivity contribution in [2.45, 2.75) is 17.9 Å². The van der Waals surface area contributed by atoms with E-state index in [-0.39, 0.29) is 6.04 Å². The fourth-order valence-corrected chi connectivity index (χ4v) is 3.32. The molecule has 0 saturated carbocycles. The number of thiophene rings is 1. The van der Waals surface area contributed by atoms with Gasteiger partial charge in [0.05, 0.1) is 4.90 Å². The Bertz CT molecular complexity index is 647. The van der Waals surface area contributed by atoms with Crippen molar-refractivity contribution in [2.75, 3.05) is 19.4 Å². The maximum absolute atomic E-state index is 12.0. The summed E-state index contributed by atoms with van der Waals surface area (Å²) in [6.45, 7) is 2.05. The Labute approximate surface area is 124 Å². The van der Waals surface area contributed by atoms with Gasteiger partial charge in [0.2, 0.25) is 10.0 Å². The minimum Gasteiger partial charge on any atom is -0.378 e. The number of rotatable bonds is 5. The molecule has 0 aliphatic carbocycles. The van der Waals surface area contributed by atoms with Gasteiger partial charge in [-0.2, -0.15) is 11.3 Å². The highest BCUT2D eigenvalue weighted by atomic mass is 32.2. The van der Waals surface area contributed by atoms with Gasteiger partial charge in [-0.15, -0.1) is 0 Å². The van der Waals surface area contributed by atoms with Gasteiger partial charge < -0.3 is 5.32 Å². The van der Waals surface area contributed by atoms with Gasteiger partial charge in [0.25, 0.3) is 0 Å². The summed E-state index contributed by atoms with van der Waals surface area (Å²) >= 11 is 1.64. The van der Waals surface area contributed by atoms with Crippen LogP contribution >= 0.6 is 11.3 Å². The number of nitrogens with zero attached hydrogens (tertiary/aromatic N) is 1. The van der Waals surface area contributed by atoms with Crippen molar-refractivity contribution in [1.82, 2.24) is 4.31 Å². The maximum Gasteiger partial charge on any atom is 0.242 e. The van der Waals surface area contributed by atoms with Crippen LogP contribution in [0.15, 0.2) is 46.0 Å². The SMILES string of the molecule is CC(Nc1ccsc1)c1ccc(S(=O)(=O)N(C)C)cc1. The third-order valence-corrected chi connectivity index (χ3v) is 5.58. The predicted molar refractivity (Wildman–Crippen MR) is 83.7 cm³/mol. The monoisotopic (exact) mass is 310 g/mol. The van der Waals surface area contributed by atoms with Crippen molar-refractivity contribution in [1.29, 1.82) is 0 Å². The third-order valence-electron chi connectivity index (χ3n) is 3.06. The summed E-state index contributed by atoms with van der Waals surface area (Å²) in [4.78, 5) is 0.314. The van der Waals surface area contributed by atoms with E-state index in [1.807, 2.05) is 35.9 Å². The number of hydrogen-bond acceptors (Lipinski definition) is 4. The molecule has 1 unspecified atom stereocenters. The number of sulfonamides is 1. The van der Waals surface area contributed by atoms with E-state index < -0.39 is 10.0 Å². The molecule has 2 aromatic rings. The molecule has 0 fully saturated rings. The van der Waals surface area contributed by atoms with Crippen LogP contribution in [0.5, 0.6) is 0 Å². The molecule has 0 aliphatic heterocycles. The largest absolute Gasteiger partial charge is 0.378 e. The smallest absolute Gasteiger partial charge is 0.242 e. The van der Waals surface area contributed by atoms with Gasteiger partial charge in [-0.1, -0.05) is 12.1 Å². The highest BCUT2D eigenvalue weighted by Gasteiger charge is 2.17. The minimum atomic E-state index is -3.35. The summed E-state index contributed by atoms with van der Waals surface area (Å²) in [6, 6.07) is 9.14. The van der Waals surface area contributed by atoms with E-state index in [0.29, 0.717) is 4.90 Å². The molecular weight excluding hydrogens is 292 g/mol. The zero-order valence-corrected chi connectivity index (χ0v) is 13.3. The molecule has 2 rings (SSSR count). The molecule has 1 aromatic heterocycles. The van der Waals surface area contributed by atoms with E-state index in [2.05, 4.69) is 5.32 Å². The average Bonchev–Trinajstić information content (AvgIpc) is 2.91. The second kappa shape index (κ2) is 5.95. The lowest BCUT2D eigenvalue weighted by molar-refractivity contribution is 0.520. The number of hydrogen-bond donors (Lipinski definition) is 1. The van der Waals surface area contributed by atoms with E-state index in [0.717, 1.165) is 11.3 Å². The molecule has 1 atom stereocenters. The standard InChI is InChI=1S/C14H18N2O2S2/c1-11(15-13-8-9-19-10-13)12-4-6-14(7-5-12)20(17,18)16(2)3/h4-11,15H,1-3H3. The van der Waals surface area contributed by atoms with Crippen molar-refractivity contribution in [2.24, 2.45) is 0 Å². The van der Waals surface area contributed by atoms with Gasteiger partial charge in [0.15, 0.2) is 0 Å². The number of benzene rings is 1. The lowest BCUT2D eigenvalue weighted by Crippen LogP contribution is -2.22. The van der Waals surface area contributed by atoms with E-state index in [1.54, 1.807) is 23.5 Å². The van der Waals surface area contributed by atoms with E-state index in [9.17, 15) is 8.42 Å². The van der Waals surface area contributed by atoms with Crippen LogP contribution in [0.2, 0.25) is 0 Å². The molecule has 108 valence electrons. The molecule has 0 radical (unpaired) electrons. The molecule has 20 heavy (non-hydrogen) atoms. The molecule has 4 nitrogen and oxygen atoms in total. The van der Waals surface area contributed by atoms with Crippen molar-refractivity contribution in [3.8, 4) is 0 Å². The van der Waals surface area contributed by atoms with Crippen molar-refractivity contribution >= 4 is 27.0 Å². The third kappa shape index (κ3) is 3.20. The van der Waals surface area contributed by atoms with Gasteiger partial charge >= 0.3 is 0 Å². The quantitative estimate of drug-likeness (QED) is 0.923. The Morgan fingerprint density at radius 1 is 1.15 bits per heavy atom. The molecule has 0 spiro atoms. The Morgan fingerprint density at radius 3 is 2.30 bits per heavy atom. The van der Waals surface area contributed by atoms with Crippen LogP contribution < -0.4 is 5.32 Å². The topological polar surface area (TPSA) is 49.4 Å². The second-order valence-corrected chi connectivity index (χ2v) is 7.67. The first kappa shape index (κ1) is 15.0. The van der Waals surface area contributed by atoms with E-state index in [4.69, 9.17) is 0 Å². The summed E-state index contributed by atoms with van der Waals surface area (Å²) in [6.07, 6.45) is 0. The van der Waals surface area contributed by atoms with Crippen molar-refractivity contribution in [3.63, 3.8) is 0 Å². The van der Waals surface area contributed by atoms with Crippen molar-refractivity contribution < 1.29 is 8.42 Å². The first-order valence-corrected chi connectivity index (χ1v) is 8.61. The van der Waals surface area contributed by atoms with Gasteiger partial charge in [-0.3, -0.25) is 0 Å². The summed E-state index contributed by atoms with van der Waals surface area (Å²) < 4.78 is 25.2. The fraction of sp³-hybridized carbons (Fsp3) is 0.286. The van der Waals surface area contributed by atoms with Crippen LogP contribution in [0, 0.1) is 0 Å². The molecule has 0 saturated heterocycles. The molecule has 0 amide bonds. The molecule has 1 heterocycles. The van der Waals surface area contributed by atoms with Gasteiger partial charge in [0.1, 0.15) is 0 Å². The highest BCUT2D eigenvalue weighted by Crippen LogP contribution is 2.22. The number of anilines is 1. The molecule has 1 N–H and O–H groups in total. The van der Waals surface area contributed by atoms with Crippen LogP contribution in [0.4, 0.5) is 5.69 Å². The fourth-order valence-electron chi connectivity index (χ4n) is 1.82. The van der Waals surface area contributed by atoms with Crippen LogP contribution in [0.3, 0.4) is 0 Å². The lowest BCUT2D eigenvalue weighted by atomic mass is 10.1. The second-order valence-electron chi connectivity index (χ2n) is 4.73. The van der Waals surface area contributed by atoms with E-state index >= 15 is 0 Å². The first-order valence-electron chi connectivity index (χ1n) is 6.22. The Morgan fingerprint density at radius 2 is 1.80 bits per heavy atom. The van der Waals surface area contributed by atoms with Crippen LogP contribution in [-0.2, 0) is 10.0 Å². The van der Waals surface area contributed by atoms with E-state index in [1.165, 1.54) is 18.4 Å². The summed E-state index contributed by atoms with van der Waals surface area (Å²) in [7, 11) is -0.291. The minimum absolute atomic E-state index is 0.126. The first-order chi connectivity index (χ1) is 9.41. The summed E-state index contributed by atoms with van der Waals surface area (Å²) in [5.74, 6) is 0. The molecular formula is C14H18N2O2S2. The van der Waals surface area contributed by atoms with Crippen LogP contribution in [-0.4, -0.2) is 26.8 Å². The van der Waals surface area contributed by atoms with Gasteiger partial charge in [-0.05, 0) is 36.1 Å². The Hall–Kier alpha value is -1.37. The average molecular weight is 310 g/mol. The predicted octanol–water partition coefficient (Wildman–Crippen LogP) is 3.17. The molecule has 6 heteroatoms.